The molecule has 2 rings (SSSR count). The fourth-order valence-electron chi connectivity index (χ4n) is 2.62. The van der Waals surface area contributed by atoms with Crippen molar-refractivity contribution < 1.29 is 19.4 Å². The van der Waals surface area contributed by atoms with E-state index in [1.54, 1.807) is 31.4 Å². The van der Waals surface area contributed by atoms with E-state index in [4.69, 9.17) is 9.47 Å². The first-order valence-corrected chi connectivity index (χ1v) is 8.42. The number of hydrogen-bond acceptors (Lipinski definition) is 4. The van der Waals surface area contributed by atoms with Gasteiger partial charge in [0.15, 0.2) is 6.61 Å². The van der Waals surface area contributed by atoms with Crippen LogP contribution in [-0.2, 0) is 4.79 Å². The molecule has 2 N–H and O–H groups in total. The second-order valence-electron chi connectivity index (χ2n) is 5.72. The Bertz CT molecular complexity index is 628. The van der Waals surface area contributed by atoms with Crippen LogP contribution < -0.4 is 14.8 Å². The minimum Gasteiger partial charge on any atom is -0.497 e. The third-order valence-electron chi connectivity index (χ3n) is 3.99. The van der Waals surface area contributed by atoms with Gasteiger partial charge in [0, 0.05) is 13.2 Å². The Labute approximate surface area is 148 Å². The lowest BCUT2D eigenvalue weighted by Gasteiger charge is -2.16. The predicted molar refractivity (Wildman–Crippen MR) is 97.0 cm³/mol. The fourth-order valence-corrected chi connectivity index (χ4v) is 2.62. The Hall–Kier alpha value is -2.53. The van der Waals surface area contributed by atoms with E-state index in [9.17, 15) is 9.90 Å². The minimum absolute atomic E-state index is 0.0255. The maximum absolute atomic E-state index is 11.9. The molecule has 2 aromatic rings. The first-order valence-electron chi connectivity index (χ1n) is 8.42. The first-order chi connectivity index (χ1) is 12.2. The summed E-state index contributed by atoms with van der Waals surface area (Å²) in [5.41, 5.74) is 1.18. The molecule has 1 atom stereocenters. The summed E-state index contributed by atoms with van der Waals surface area (Å²) in [6.07, 6.45) is 1.46. The molecule has 0 aliphatic carbocycles. The van der Waals surface area contributed by atoms with Crippen molar-refractivity contribution in [2.45, 2.75) is 18.8 Å². The lowest BCUT2D eigenvalue weighted by molar-refractivity contribution is -0.123. The van der Waals surface area contributed by atoms with Gasteiger partial charge in [0.1, 0.15) is 11.5 Å². The maximum atomic E-state index is 11.9. The van der Waals surface area contributed by atoms with Crippen molar-refractivity contribution in [1.29, 1.82) is 0 Å². The van der Waals surface area contributed by atoms with E-state index in [0.717, 1.165) is 12.2 Å². The average Bonchev–Trinajstić information content (AvgIpc) is 2.67. The minimum atomic E-state index is -0.161. The van der Waals surface area contributed by atoms with Gasteiger partial charge in [0.2, 0.25) is 0 Å². The Morgan fingerprint density at radius 1 is 1.04 bits per heavy atom. The summed E-state index contributed by atoms with van der Waals surface area (Å²) >= 11 is 0. The van der Waals surface area contributed by atoms with Gasteiger partial charge in [-0.3, -0.25) is 4.79 Å². The highest BCUT2D eigenvalue weighted by Crippen LogP contribution is 2.22. The Morgan fingerprint density at radius 2 is 1.72 bits per heavy atom. The van der Waals surface area contributed by atoms with Crippen LogP contribution in [0.25, 0.3) is 0 Å². The van der Waals surface area contributed by atoms with Crippen LogP contribution in [-0.4, -0.2) is 37.9 Å². The van der Waals surface area contributed by atoms with Gasteiger partial charge in [0.25, 0.3) is 5.91 Å². The summed E-state index contributed by atoms with van der Waals surface area (Å²) in [5.74, 6) is 1.44. The number of carbonyl (C=O) groups is 1. The molecule has 0 aliphatic rings. The third-order valence-corrected chi connectivity index (χ3v) is 3.99. The van der Waals surface area contributed by atoms with E-state index < -0.39 is 0 Å². The molecule has 1 unspecified atom stereocenters. The largest absolute Gasteiger partial charge is 0.497 e. The number of ether oxygens (including phenoxy) is 2. The third kappa shape index (κ3) is 6.47. The number of methoxy groups -OCH3 is 1. The fraction of sp³-hybridized carbons (Fsp3) is 0.350. The standard InChI is InChI=1S/C20H25NO4/c1-24-18-7-9-19(10-8-18)25-15-20(23)21-13-11-17(12-14-22)16-5-3-2-4-6-16/h2-10,17,22H,11-15H2,1H3,(H,21,23). The first kappa shape index (κ1) is 18.8. The van der Waals surface area contributed by atoms with E-state index in [2.05, 4.69) is 17.4 Å². The molecule has 5 heteroatoms. The molecular formula is C20H25NO4. The number of carbonyl (C=O) groups excluding carboxylic acids is 1. The molecule has 1 amide bonds. The van der Waals surface area contributed by atoms with Gasteiger partial charge >= 0.3 is 0 Å². The van der Waals surface area contributed by atoms with Crippen LogP contribution in [0.1, 0.15) is 24.3 Å². The number of nitrogens with one attached hydrogen (secondary N) is 1. The zero-order valence-electron chi connectivity index (χ0n) is 14.5. The van der Waals surface area contributed by atoms with Crippen molar-refractivity contribution >= 4 is 5.91 Å². The highest BCUT2D eigenvalue weighted by molar-refractivity contribution is 5.77. The van der Waals surface area contributed by atoms with Crippen LogP contribution in [0.3, 0.4) is 0 Å². The molecule has 0 saturated carbocycles. The van der Waals surface area contributed by atoms with Gasteiger partial charge in [-0.25, -0.2) is 0 Å². The van der Waals surface area contributed by atoms with E-state index in [0.29, 0.717) is 18.7 Å². The smallest absolute Gasteiger partial charge is 0.257 e. The van der Waals surface area contributed by atoms with E-state index in [1.165, 1.54) is 5.56 Å². The molecule has 2 aromatic carbocycles. The van der Waals surface area contributed by atoms with Gasteiger partial charge in [-0.15, -0.1) is 0 Å². The average molecular weight is 343 g/mol. The van der Waals surface area contributed by atoms with Gasteiger partial charge < -0.3 is 19.9 Å². The molecule has 25 heavy (non-hydrogen) atoms. The normalized spacial score (nSPS) is 11.6. The van der Waals surface area contributed by atoms with Gasteiger partial charge in [-0.05, 0) is 48.6 Å². The summed E-state index contributed by atoms with van der Waals surface area (Å²) in [7, 11) is 1.60. The second-order valence-corrected chi connectivity index (χ2v) is 5.72. The van der Waals surface area contributed by atoms with Crippen LogP contribution in [0, 0.1) is 0 Å². The number of aliphatic hydroxyl groups is 1. The van der Waals surface area contributed by atoms with Crippen LogP contribution in [0.2, 0.25) is 0 Å². The molecule has 0 saturated heterocycles. The van der Waals surface area contributed by atoms with E-state index in [1.807, 2.05) is 18.2 Å². The molecule has 0 aromatic heterocycles. The Kier molecular flexibility index (Phi) is 7.79. The van der Waals surface area contributed by atoms with Gasteiger partial charge in [-0.1, -0.05) is 30.3 Å². The number of hydrogen-bond donors (Lipinski definition) is 2. The van der Waals surface area contributed by atoms with Crippen molar-refractivity contribution in [3.63, 3.8) is 0 Å². The molecule has 0 heterocycles. The maximum Gasteiger partial charge on any atom is 0.257 e. The van der Waals surface area contributed by atoms with E-state index >= 15 is 0 Å². The quantitative estimate of drug-likeness (QED) is 0.696. The van der Waals surface area contributed by atoms with Crippen LogP contribution in [0.4, 0.5) is 0 Å². The lowest BCUT2D eigenvalue weighted by atomic mass is 9.93. The SMILES string of the molecule is COc1ccc(OCC(=O)NCCC(CCO)c2ccccc2)cc1. The monoisotopic (exact) mass is 343 g/mol. The van der Waals surface area contributed by atoms with Crippen molar-refractivity contribution in [3.8, 4) is 11.5 Å². The molecule has 0 fully saturated rings. The second kappa shape index (κ2) is 10.4. The summed E-state index contributed by atoms with van der Waals surface area (Å²) in [4.78, 5) is 11.9. The van der Waals surface area contributed by atoms with Crippen LogP contribution in [0.5, 0.6) is 11.5 Å². The zero-order valence-corrected chi connectivity index (χ0v) is 14.5. The molecule has 134 valence electrons. The molecule has 0 spiro atoms. The van der Waals surface area contributed by atoms with Crippen molar-refractivity contribution in [3.05, 3.63) is 60.2 Å². The molecule has 0 bridgehead atoms. The molecular weight excluding hydrogens is 318 g/mol. The number of rotatable bonds is 10. The molecule has 0 aliphatic heterocycles. The summed E-state index contributed by atoms with van der Waals surface area (Å²) < 4.78 is 10.5. The highest BCUT2D eigenvalue weighted by atomic mass is 16.5. The van der Waals surface area contributed by atoms with E-state index in [-0.39, 0.29) is 25.0 Å². The summed E-state index contributed by atoms with van der Waals surface area (Å²) in [6.45, 7) is 0.654. The predicted octanol–water partition coefficient (Wildman–Crippen LogP) is 2.75. The Balaban J connectivity index is 1.73. The zero-order chi connectivity index (χ0) is 17.9. The van der Waals surface area contributed by atoms with Crippen LogP contribution >= 0.6 is 0 Å². The van der Waals surface area contributed by atoms with Crippen LogP contribution in [0.15, 0.2) is 54.6 Å². The summed E-state index contributed by atoms with van der Waals surface area (Å²) in [6, 6.07) is 17.1. The van der Waals surface area contributed by atoms with Crippen molar-refractivity contribution in [2.75, 3.05) is 26.9 Å². The van der Waals surface area contributed by atoms with Gasteiger partial charge in [-0.2, -0.15) is 0 Å². The topological polar surface area (TPSA) is 67.8 Å². The van der Waals surface area contributed by atoms with Crippen molar-refractivity contribution in [2.24, 2.45) is 0 Å². The highest BCUT2D eigenvalue weighted by Gasteiger charge is 2.11. The number of aliphatic hydroxyl groups excluding tert-OH is 1. The number of benzene rings is 2. The molecule has 0 radical (unpaired) electrons. The Morgan fingerprint density at radius 3 is 2.36 bits per heavy atom. The summed E-state index contributed by atoms with van der Waals surface area (Å²) in [5, 5.41) is 12.1. The van der Waals surface area contributed by atoms with Gasteiger partial charge in [0.05, 0.1) is 7.11 Å². The lowest BCUT2D eigenvalue weighted by Crippen LogP contribution is -2.30. The molecule has 5 nitrogen and oxygen atoms in total. The van der Waals surface area contributed by atoms with Crippen molar-refractivity contribution in [1.82, 2.24) is 5.32 Å². The number of amides is 1.